The molecular formula is C34H63NO6. The van der Waals surface area contributed by atoms with Crippen LogP contribution in [-0.2, 0) is 14.4 Å². The van der Waals surface area contributed by atoms with Gasteiger partial charge in [0.1, 0.15) is 11.8 Å². The van der Waals surface area contributed by atoms with E-state index in [2.05, 4.69) is 19.1 Å². The van der Waals surface area contributed by atoms with Gasteiger partial charge in [0.05, 0.1) is 26.2 Å². The Kier molecular flexibility index (Phi) is 23.5. The second-order valence-corrected chi connectivity index (χ2v) is 12.7. The monoisotopic (exact) mass is 581 g/mol. The van der Waals surface area contributed by atoms with Gasteiger partial charge in [-0.2, -0.15) is 0 Å². The van der Waals surface area contributed by atoms with Crippen LogP contribution in [-0.4, -0.2) is 58.8 Å². The van der Waals surface area contributed by atoms with Gasteiger partial charge < -0.3 is 24.6 Å². The lowest BCUT2D eigenvalue weighted by atomic mass is 10.0. The summed E-state index contributed by atoms with van der Waals surface area (Å²) in [6, 6.07) is 0. The van der Waals surface area contributed by atoms with Gasteiger partial charge in [-0.1, -0.05) is 103 Å². The van der Waals surface area contributed by atoms with E-state index in [9.17, 15) is 29.7 Å². The molecule has 0 saturated heterocycles. The molecule has 0 aromatic heterocycles. The van der Waals surface area contributed by atoms with E-state index in [1.54, 1.807) is 20.8 Å². The van der Waals surface area contributed by atoms with Crippen LogP contribution in [0.2, 0.25) is 0 Å². The second kappa shape index (κ2) is 24.7. The Hall–Kier alpha value is -1.89. The summed E-state index contributed by atoms with van der Waals surface area (Å²) >= 11 is 0. The number of carboxylic acids is 3. The van der Waals surface area contributed by atoms with Crippen molar-refractivity contribution in [3.8, 4) is 0 Å². The molecule has 240 valence electrons. The molecule has 0 aromatic rings. The van der Waals surface area contributed by atoms with Crippen molar-refractivity contribution in [3.63, 3.8) is 0 Å². The summed E-state index contributed by atoms with van der Waals surface area (Å²) in [4.78, 5) is 34.7. The molecule has 0 spiro atoms. The van der Waals surface area contributed by atoms with Crippen LogP contribution in [0.25, 0.3) is 0 Å². The van der Waals surface area contributed by atoms with E-state index in [4.69, 9.17) is 0 Å². The van der Waals surface area contributed by atoms with E-state index in [1.165, 1.54) is 83.5 Å². The highest BCUT2D eigenvalue weighted by Gasteiger charge is 2.36. The lowest BCUT2D eigenvalue weighted by molar-refractivity contribution is -0.934. The largest absolute Gasteiger partial charge is 0.550 e. The van der Waals surface area contributed by atoms with Gasteiger partial charge >= 0.3 is 11.9 Å². The van der Waals surface area contributed by atoms with Crippen molar-refractivity contribution in [1.82, 2.24) is 0 Å². The molecule has 0 rings (SSSR count). The standard InChI is InChI=1S/C34H63NO6/c1-5-6-7-8-9-10-11-12-13-14-15-16-17-18-19-20-21-22-23-24-25-35(26-29(2)32(36)37,27-30(3)33(38)39)28-31(4)34(40)41/h15-16,29-31H,5-14,17-28H2,1-4H3,(H2-,36,37,38,39,40,41)/b16-15+. The fourth-order valence-corrected chi connectivity index (χ4v) is 5.87. The van der Waals surface area contributed by atoms with Gasteiger partial charge in [-0.15, -0.1) is 0 Å². The van der Waals surface area contributed by atoms with Gasteiger partial charge in [-0.05, 0) is 52.4 Å². The molecule has 0 heterocycles. The number of hydrogen-bond donors (Lipinski definition) is 2. The smallest absolute Gasteiger partial charge is 0.311 e. The molecule has 0 saturated carbocycles. The highest BCUT2D eigenvalue weighted by Crippen LogP contribution is 2.22. The summed E-state index contributed by atoms with van der Waals surface area (Å²) in [5.41, 5.74) is 0. The highest BCUT2D eigenvalue weighted by atomic mass is 16.4. The predicted molar refractivity (Wildman–Crippen MR) is 165 cm³/mol. The van der Waals surface area contributed by atoms with Crippen molar-refractivity contribution in [2.75, 3.05) is 26.2 Å². The van der Waals surface area contributed by atoms with Crippen molar-refractivity contribution < 1.29 is 34.2 Å². The average Bonchev–Trinajstić information content (AvgIpc) is 2.91. The number of unbranched alkanes of at least 4 members (excludes halogenated alkanes) is 16. The molecule has 7 nitrogen and oxygen atoms in total. The molecule has 3 unspecified atom stereocenters. The normalized spacial score (nSPS) is 15.4. The van der Waals surface area contributed by atoms with Gasteiger partial charge in [0.15, 0.2) is 0 Å². The van der Waals surface area contributed by atoms with E-state index < -0.39 is 35.7 Å². The number of carboxylic acid groups (broad SMARTS) is 3. The summed E-state index contributed by atoms with van der Waals surface area (Å²) in [5.74, 6) is -5.24. The van der Waals surface area contributed by atoms with Crippen molar-refractivity contribution in [2.24, 2.45) is 17.8 Å². The molecule has 0 bridgehead atoms. The van der Waals surface area contributed by atoms with E-state index in [1.807, 2.05) is 0 Å². The number of carbonyl (C=O) groups excluding carboxylic acids is 1. The topological polar surface area (TPSA) is 115 Å². The Balaban J connectivity index is 4.28. The number of quaternary nitrogens is 1. The molecule has 0 radical (unpaired) electrons. The second-order valence-electron chi connectivity index (χ2n) is 12.7. The van der Waals surface area contributed by atoms with Gasteiger partial charge in [0.2, 0.25) is 0 Å². The molecule has 2 N–H and O–H groups in total. The fraction of sp³-hybridized carbons (Fsp3) is 0.853. The van der Waals surface area contributed by atoms with Gasteiger partial charge in [0.25, 0.3) is 0 Å². The van der Waals surface area contributed by atoms with Gasteiger partial charge in [-0.25, -0.2) is 0 Å². The Morgan fingerprint density at radius 3 is 1.29 bits per heavy atom. The third kappa shape index (κ3) is 21.5. The fourth-order valence-electron chi connectivity index (χ4n) is 5.87. The Bertz CT molecular complexity index is 667. The zero-order valence-electron chi connectivity index (χ0n) is 26.9. The van der Waals surface area contributed by atoms with Crippen LogP contribution >= 0.6 is 0 Å². The first-order chi connectivity index (χ1) is 19.5. The van der Waals surface area contributed by atoms with E-state index in [0.29, 0.717) is 6.54 Å². The SMILES string of the molecule is CCCCCCCCCCC/C=C/CCCCCCCCC[N+](CC(C)C(=O)[O-])(CC(C)C(=O)O)CC(C)C(=O)O. The predicted octanol–water partition coefficient (Wildman–Crippen LogP) is 7.23. The third-order valence-electron chi connectivity index (χ3n) is 8.37. The first-order valence-electron chi connectivity index (χ1n) is 16.7. The number of hydrogen-bond acceptors (Lipinski definition) is 4. The maximum atomic E-state index is 11.6. The van der Waals surface area contributed by atoms with Crippen LogP contribution in [0.3, 0.4) is 0 Å². The Morgan fingerprint density at radius 2 is 0.927 bits per heavy atom. The number of allylic oxidation sites excluding steroid dienone is 2. The molecule has 0 aliphatic heterocycles. The summed E-state index contributed by atoms with van der Waals surface area (Å²) in [6.07, 6.45) is 27.0. The van der Waals surface area contributed by atoms with Crippen LogP contribution in [0.15, 0.2) is 12.2 Å². The summed E-state index contributed by atoms with van der Waals surface area (Å²) in [5, 5.41) is 30.5. The zero-order chi connectivity index (χ0) is 30.9. The van der Waals surface area contributed by atoms with Crippen LogP contribution in [0.5, 0.6) is 0 Å². The van der Waals surface area contributed by atoms with E-state index >= 15 is 0 Å². The van der Waals surface area contributed by atoms with E-state index in [-0.39, 0.29) is 24.1 Å². The quantitative estimate of drug-likeness (QED) is 0.0547. The Morgan fingerprint density at radius 1 is 0.585 bits per heavy atom. The maximum Gasteiger partial charge on any atom is 0.311 e. The van der Waals surface area contributed by atoms with Crippen LogP contribution in [0.1, 0.15) is 143 Å². The first-order valence-corrected chi connectivity index (χ1v) is 16.7. The molecule has 7 heteroatoms. The number of aliphatic carboxylic acids is 3. The van der Waals surface area contributed by atoms with Crippen molar-refractivity contribution >= 4 is 17.9 Å². The zero-order valence-corrected chi connectivity index (χ0v) is 26.9. The lowest BCUT2D eigenvalue weighted by Crippen LogP contribution is -2.58. The molecule has 0 aromatic carbocycles. The Labute approximate surface area is 251 Å². The lowest BCUT2D eigenvalue weighted by Gasteiger charge is -2.43. The molecule has 0 aliphatic carbocycles. The minimum Gasteiger partial charge on any atom is -0.550 e. The van der Waals surface area contributed by atoms with Crippen molar-refractivity contribution in [2.45, 2.75) is 143 Å². The number of rotatable bonds is 29. The molecule has 3 atom stereocenters. The molecule has 0 fully saturated rings. The van der Waals surface area contributed by atoms with Crippen molar-refractivity contribution in [3.05, 3.63) is 12.2 Å². The third-order valence-corrected chi connectivity index (χ3v) is 8.37. The van der Waals surface area contributed by atoms with E-state index in [0.717, 1.165) is 32.1 Å². The minimum atomic E-state index is -1.18. The van der Waals surface area contributed by atoms with Gasteiger partial charge in [0, 0.05) is 11.9 Å². The molecule has 0 amide bonds. The first kappa shape index (κ1) is 39.1. The van der Waals surface area contributed by atoms with Gasteiger partial charge in [-0.3, -0.25) is 9.59 Å². The highest BCUT2D eigenvalue weighted by molar-refractivity contribution is 5.70. The van der Waals surface area contributed by atoms with Crippen molar-refractivity contribution in [1.29, 1.82) is 0 Å². The summed E-state index contributed by atoms with van der Waals surface area (Å²) in [6.45, 7) is 8.24. The van der Waals surface area contributed by atoms with Crippen LogP contribution in [0.4, 0.5) is 0 Å². The minimum absolute atomic E-state index is 0.182. The average molecular weight is 582 g/mol. The summed E-state index contributed by atoms with van der Waals surface area (Å²) < 4.78 is 0.182. The molecular weight excluding hydrogens is 518 g/mol. The van der Waals surface area contributed by atoms with Crippen LogP contribution in [0, 0.1) is 17.8 Å². The number of nitrogens with zero attached hydrogens (tertiary/aromatic N) is 1. The number of carbonyl (C=O) groups is 3. The molecule has 41 heavy (non-hydrogen) atoms. The van der Waals surface area contributed by atoms with Crippen LogP contribution < -0.4 is 5.11 Å². The maximum absolute atomic E-state index is 11.6. The summed E-state index contributed by atoms with van der Waals surface area (Å²) in [7, 11) is 0. The molecule has 0 aliphatic rings.